The number of rotatable bonds is 10. The van der Waals surface area contributed by atoms with E-state index in [1.165, 1.54) is 12.2 Å². The molecule has 1 aliphatic heterocycles. The number of aliphatic hydroxyl groups excluding tert-OH is 1. The molecule has 0 aromatic rings. The van der Waals surface area contributed by atoms with Crippen molar-refractivity contribution in [3.8, 4) is 0 Å². The first-order chi connectivity index (χ1) is 13.8. The van der Waals surface area contributed by atoms with Crippen molar-refractivity contribution in [2.24, 2.45) is 11.7 Å². The van der Waals surface area contributed by atoms with Gasteiger partial charge >= 0.3 is 0 Å². The number of carbonyl (C=O) groups excluding carboxylic acids is 5. The molecule has 29 heavy (non-hydrogen) atoms. The molecule has 1 aliphatic carbocycles. The third-order valence-electron chi connectivity index (χ3n) is 4.94. The summed E-state index contributed by atoms with van der Waals surface area (Å²) in [5.41, 5.74) is 5.80. The van der Waals surface area contributed by atoms with Gasteiger partial charge in [-0.2, -0.15) is 0 Å². The minimum absolute atomic E-state index is 0.116. The highest BCUT2D eigenvalue weighted by molar-refractivity contribution is 6.12. The number of imide groups is 1. The molecule has 5 amide bonds. The SMILES string of the molecule is N[C@@H](CCNC(=O)CO)C(=O)N[C@@H]1CC[C@@H](C(=O)NCCN2C(=O)C=CC2=O)C1. The number of nitrogens with one attached hydrogen (secondary N) is 3. The molecule has 0 bridgehead atoms. The van der Waals surface area contributed by atoms with E-state index in [1.807, 2.05) is 0 Å². The molecule has 1 fully saturated rings. The third-order valence-corrected chi connectivity index (χ3v) is 4.94. The molecule has 0 aromatic carbocycles. The van der Waals surface area contributed by atoms with Gasteiger partial charge < -0.3 is 26.8 Å². The largest absolute Gasteiger partial charge is 0.387 e. The minimum atomic E-state index is -0.800. The second-order valence-corrected chi connectivity index (χ2v) is 7.07. The summed E-state index contributed by atoms with van der Waals surface area (Å²) in [6.07, 6.45) is 4.36. The van der Waals surface area contributed by atoms with Crippen molar-refractivity contribution in [1.82, 2.24) is 20.9 Å². The van der Waals surface area contributed by atoms with Gasteiger partial charge in [0.05, 0.1) is 6.04 Å². The maximum atomic E-state index is 12.3. The first-order valence-electron chi connectivity index (χ1n) is 9.56. The van der Waals surface area contributed by atoms with Gasteiger partial charge in [-0.1, -0.05) is 0 Å². The molecule has 1 saturated carbocycles. The molecule has 0 unspecified atom stereocenters. The van der Waals surface area contributed by atoms with E-state index in [1.54, 1.807) is 0 Å². The molecule has 0 saturated heterocycles. The topological polar surface area (TPSA) is 171 Å². The normalized spacial score (nSPS) is 21.9. The average Bonchev–Trinajstić information content (AvgIpc) is 3.29. The fourth-order valence-electron chi connectivity index (χ4n) is 3.30. The van der Waals surface area contributed by atoms with Gasteiger partial charge in [-0.25, -0.2) is 0 Å². The van der Waals surface area contributed by atoms with Crippen LogP contribution in [0.5, 0.6) is 0 Å². The summed E-state index contributed by atoms with van der Waals surface area (Å²) < 4.78 is 0. The van der Waals surface area contributed by atoms with Gasteiger partial charge in [0.2, 0.25) is 17.7 Å². The van der Waals surface area contributed by atoms with Gasteiger partial charge in [0, 0.05) is 43.7 Å². The number of amides is 5. The van der Waals surface area contributed by atoms with Gasteiger partial charge in [-0.15, -0.1) is 0 Å². The van der Waals surface area contributed by atoms with Gasteiger partial charge in [0.25, 0.3) is 11.8 Å². The minimum Gasteiger partial charge on any atom is -0.387 e. The van der Waals surface area contributed by atoms with Gasteiger partial charge in [-0.3, -0.25) is 28.9 Å². The van der Waals surface area contributed by atoms with Crippen LogP contribution in [0.15, 0.2) is 12.2 Å². The maximum Gasteiger partial charge on any atom is 0.253 e. The Bertz CT molecular complexity index is 676. The molecule has 0 spiro atoms. The van der Waals surface area contributed by atoms with Crippen LogP contribution < -0.4 is 21.7 Å². The number of hydrogen-bond donors (Lipinski definition) is 5. The molecule has 3 atom stereocenters. The van der Waals surface area contributed by atoms with E-state index in [0.717, 1.165) is 4.90 Å². The Morgan fingerprint density at radius 2 is 1.83 bits per heavy atom. The van der Waals surface area contributed by atoms with Gasteiger partial charge in [0.1, 0.15) is 6.61 Å². The molecule has 2 rings (SSSR count). The zero-order valence-electron chi connectivity index (χ0n) is 16.1. The summed E-state index contributed by atoms with van der Waals surface area (Å²) in [5, 5.41) is 16.6. The molecule has 1 heterocycles. The lowest BCUT2D eigenvalue weighted by atomic mass is 10.1. The molecule has 0 aromatic heterocycles. The summed E-state index contributed by atoms with van der Waals surface area (Å²) in [5.74, 6) is -2.10. The van der Waals surface area contributed by atoms with Crippen LogP contribution in [-0.4, -0.2) is 77.9 Å². The van der Waals surface area contributed by atoms with Crippen LogP contribution in [0, 0.1) is 5.92 Å². The van der Waals surface area contributed by atoms with Crippen LogP contribution in [0.1, 0.15) is 25.7 Å². The highest BCUT2D eigenvalue weighted by Crippen LogP contribution is 2.25. The zero-order valence-corrected chi connectivity index (χ0v) is 16.1. The van der Waals surface area contributed by atoms with Crippen molar-refractivity contribution >= 4 is 29.5 Å². The summed E-state index contributed by atoms with van der Waals surface area (Å²) in [7, 11) is 0. The van der Waals surface area contributed by atoms with E-state index in [-0.39, 0.29) is 61.6 Å². The summed E-state index contributed by atoms with van der Waals surface area (Å²) in [6.45, 7) is -0.142. The maximum absolute atomic E-state index is 12.3. The molecular weight excluding hydrogens is 382 g/mol. The van der Waals surface area contributed by atoms with Crippen LogP contribution >= 0.6 is 0 Å². The lowest BCUT2D eigenvalue weighted by molar-refractivity contribution is -0.137. The third kappa shape index (κ3) is 6.64. The molecule has 11 heteroatoms. The van der Waals surface area contributed by atoms with E-state index in [4.69, 9.17) is 10.8 Å². The monoisotopic (exact) mass is 409 g/mol. The Morgan fingerprint density at radius 1 is 1.14 bits per heavy atom. The average molecular weight is 409 g/mol. The number of nitrogens with two attached hydrogens (primary N) is 1. The molecule has 6 N–H and O–H groups in total. The lowest BCUT2D eigenvalue weighted by Gasteiger charge is -2.18. The standard InChI is InChI=1S/C18H27N5O6/c19-13(5-6-20-14(25)10-24)18(29)22-12-2-1-11(9-12)17(28)21-7-8-23-15(26)3-4-16(23)27/h3-4,11-13,24H,1-2,5-10,19H2,(H,20,25)(H,21,28)(H,22,29)/t11-,12-,13+/m1/s1. The second-order valence-electron chi connectivity index (χ2n) is 7.07. The van der Waals surface area contributed by atoms with E-state index in [2.05, 4.69) is 16.0 Å². The molecule has 160 valence electrons. The van der Waals surface area contributed by atoms with Crippen LogP contribution in [-0.2, 0) is 24.0 Å². The van der Waals surface area contributed by atoms with Crippen molar-refractivity contribution in [2.75, 3.05) is 26.2 Å². The number of carbonyl (C=O) groups is 5. The Labute approximate surface area is 168 Å². The zero-order chi connectivity index (χ0) is 21.4. The van der Waals surface area contributed by atoms with Crippen molar-refractivity contribution < 1.29 is 29.1 Å². The Kier molecular flexibility index (Phi) is 8.28. The lowest BCUT2D eigenvalue weighted by Crippen LogP contribution is -2.46. The van der Waals surface area contributed by atoms with Crippen LogP contribution in [0.3, 0.4) is 0 Å². The summed E-state index contributed by atoms with van der Waals surface area (Å²) in [4.78, 5) is 59.3. The molecule has 11 nitrogen and oxygen atoms in total. The first kappa shape index (κ1) is 22.5. The number of nitrogens with zero attached hydrogens (tertiary/aromatic N) is 1. The second kappa shape index (κ2) is 10.7. The van der Waals surface area contributed by atoms with Gasteiger partial charge in [-0.05, 0) is 25.7 Å². The number of hydrogen-bond acceptors (Lipinski definition) is 7. The van der Waals surface area contributed by atoms with E-state index in [9.17, 15) is 24.0 Å². The van der Waals surface area contributed by atoms with Crippen molar-refractivity contribution in [3.05, 3.63) is 12.2 Å². The highest BCUT2D eigenvalue weighted by Gasteiger charge is 2.32. The quantitative estimate of drug-likeness (QED) is 0.241. The summed E-state index contributed by atoms with van der Waals surface area (Å²) in [6, 6.07) is -0.965. The molecule has 2 aliphatic rings. The Balaban J connectivity index is 1.65. The van der Waals surface area contributed by atoms with Crippen molar-refractivity contribution in [3.63, 3.8) is 0 Å². The first-order valence-corrected chi connectivity index (χ1v) is 9.56. The van der Waals surface area contributed by atoms with Crippen molar-refractivity contribution in [1.29, 1.82) is 0 Å². The van der Waals surface area contributed by atoms with Crippen LogP contribution in [0.4, 0.5) is 0 Å². The molecular formula is C18H27N5O6. The smallest absolute Gasteiger partial charge is 0.253 e. The predicted octanol–water partition coefficient (Wildman–Crippen LogP) is -2.86. The Morgan fingerprint density at radius 3 is 2.48 bits per heavy atom. The number of aliphatic hydroxyl groups is 1. The van der Waals surface area contributed by atoms with E-state index in [0.29, 0.717) is 19.3 Å². The fraction of sp³-hybridized carbons (Fsp3) is 0.611. The van der Waals surface area contributed by atoms with Gasteiger partial charge in [0.15, 0.2) is 0 Å². The van der Waals surface area contributed by atoms with E-state index >= 15 is 0 Å². The van der Waals surface area contributed by atoms with Crippen LogP contribution in [0.2, 0.25) is 0 Å². The Hall–Kier alpha value is -2.79. The summed E-state index contributed by atoms with van der Waals surface area (Å²) >= 11 is 0. The predicted molar refractivity (Wildman–Crippen MR) is 101 cm³/mol. The van der Waals surface area contributed by atoms with Crippen molar-refractivity contribution in [2.45, 2.75) is 37.8 Å². The van der Waals surface area contributed by atoms with E-state index < -0.39 is 18.6 Å². The molecule has 0 radical (unpaired) electrons. The highest BCUT2D eigenvalue weighted by atomic mass is 16.3. The van der Waals surface area contributed by atoms with Crippen LogP contribution in [0.25, 0.3) is 0 Å². The fourth-order valence-corrected chi connectivity index (χ4v) is 3.30.